The predicted molar refractivity (Wildman–Crippen MR) is 120 cm³/mol. The smallest absolute Gasteiger partial charge is 0.232 e. The first kappa shape index (κ1) is 20.4. The molecule has 0 atom stereocenters. The summed E-state index contributed by atoms with van der Waals surface area (Å²) >= 11 is 3.42. The van der Waals surface area contributed by atoms with Crippen molar-refractivity contribution < 1.29 is 4.74 Å². The van der Waals surface area contributed by atoms with E-state index < -0.39 is 0 Å². The van der Waals surface area contributed by atoms with E-state index in [1.807, 2.05) is 0 Å². The van der Waals surface area contributed by atoms with Crippen molar-refractivity contribution in [3.63, 3.8) is 0 Å². The van der Waals surface area contributed by atoms with Gasteiger partial charge in [-0.3, -0.25) is 4.57 Å². The minimum absolute atomic E-state index is 0.0823. The molecule has 0 bridgehead atoms. The van der Waals surface area contributed by atoms with E-state index >= 15 is 0 Å². The summed E-state index contributed by atoms with van der Waals surface area (Å²) in [5.41, 5.74) is 3.50. The molecule has 0 amide bonds. The number of thioether (sulfide) groups is 1. The number of thiazole rings is 1. The van der Waals surface area contributed by atoms with Gasteiger partial charge >= 0.3 is 0 Å². The van der Waals surface area contributed by atoms with Crippen molar-refractivity contribution in [2.75, 3.05) is 31.2 Å². The molecule has 3 heterocycles. The van der Waals surface area contributed by atoms with E-state index in [2.05, 4.69) is 77.0 Å². The van der Waals surface area contributed by atoms with Gasteiger partial charge in [-0.15, -0.1) is 21.5 Å². The summed E-state index contributed by atoms with van der Waals surface area (Å²) < 4.78 is 7.67. The van der Waals surface area contributed by atoms with Gasteiger partial charge in [0.15, 0.2) is 5.16 Å². The summed E-state index contributed by atoms with van der Waals surface area (Å²) in [6.45, 7) is 11.8. The lowest BCUT2D eigenvalue weighted by Crippen LogP contribution is -2.37. The van der Waals surface area contributed by atoms with Gasteiger partial charge in [-0.1, -0.05) is 50.2 Å². The number of morpholine rings is 1. The Bertz CT molecular complexity index is 952. The summed E-state index contributed by atoms with van der Waals surface area (Å²) in [5.74, 6) is 1.66. The van der Waals surface area contributed by atoms with Gasteiger partial charge < -0.3 is 9.64 Å². The van der Waals surface area contributed by atoms with E-state index in [1.165, 1.54) is 10.6 Å². The van der Waals surface area contributed by atoms with E-state index in [0.29, 0.717) is 0 Å². The van der Waals surface area contributed by atoms with Crippen LogP contribution in [-0.4, -0.2) is 46.1 Å². The number of aryl methyl sites for hydroxylation is 1. The molecule has 0 N–H and O–H groups in total. The molecule has 29 heavy (non-hydrogen) atoms. The average molecular weight is 430 g/mol. The lowest BCUT2D eigenvalue weighted by Gasteiger charge is -2.27. The second-order valence-corrected chi connectivity index (χ2v) is 10.0. The fraction of sp³-hybridized carbons (Fsp3) is 0.476. The van der Waals surface area contributed by atoms with E-state index in [0.717, 1.165) is 54.5 Å². The lowest BCUT2D eigenvalue weighted by molar-refractivity contribution is 0.122. The molecule has 1 saturated heterocycles. The molecule has 1 aliphatic heterocycles. The summed E-state index contributed by atoms with van der Waals surface area (Å²) in [7, 11) is 0. The quantitative estimate of drug-likeness (QED) is 0.558. The Kier molecular flexibility index (Phi) is 5.94. The van der Waals surface area contributed by atoms with Gasteiger partial charge in [-0.05, 0) is 19.1 Å². The number of ether oxygens (including phenoxy) is 1. The Hall–Kier alpha value is -1.90. The van der Waals surface area contributed by atoms with Crippen LogP contribution in [-0.2, 0) is 15.9 Å². The zero-order valence-electron chi connectivity index (χ0n) is 17.4. The molecule has 0 aliphatic carbocycles. The van der Waals surface area contributed by atoms with Gasteiger partial charge in [-0.2, -0.15) is 0 Å². The minimum Gasteiger partial charge on any atom is -0.378 e. The summed E-state index contributed by atoms with van der Waals surface area (Å²) in [5, 5.41) is 13.3. The van der Waals surface area contributed by atoms with Gasteiger partial charge in [0.05, 0.1) is 29.6 Å². The number of benzene rings is 1. The van der Waals surface area contributed by atoms with Crippen LogP contribution in [0.15, 0.2) is 34.8 Å². The van der Waals surface area contributed by atoms with Gasteiger partial charge in [-0.25, -0.2) is 4.98 Å². The minimum atomic E-state index is 0.0823. The Morgan fingerprint density at radius 2 is 1.83 bits per heavy atom. The molecule has 154 valence electrons. The van der Waals surface area contributed by atoms with Crippen LogP contribution in [0, 0.1) is 6.92 Å². The van der Waals surface area contributed by atoms with Crippen molar-refractivity contribution >= 4 is 29.0 Å². The van der Waals surface area contributed by atoms with Gasteiger partial charge in [0.25, 0.3) is 0 Å². The lowest BCUT2D eigenvalue weighted by atomic mass is 9.98. The maximum atomic E-state index is 5.51. The zero-order valence-corrected chi connectivity index (χ0v) is 19.0. The van der Waals surface area contributed by atoms with Crippen molar-refractivity contribution in [3.8, 4) is 5.69 Å². The van der Waals surface area contributed by atoms with E-state index in [-0.39, 0.29) is 5.41 Å². The van der Waals surface area contributed by atoms with Gasteiger partial charge in [0.2, 0.25) is 5.95 Å². The van der Waals surface area contributed by atoms with Crippen LogP contribution in [0.1, 0.15) is 37.0 Å². The number of aromatic nitrogens is 4. The fourth-order valence-electron chi connectivity index (χ4n) is 3.10. The number of hydrogen-bond acceptors (Lipinski definition) is 7. The van der Waals surface area contributed by atoms with Crippen LogP contribution in [0.5, 0.6) is 0 Å². The van der Waals surface area contributed by atoms with Crippen LogP contribution in [0.4, 0.5) is 5.95 Å². The second-order valence-electron chi connectivity index (χ2n) is 8.24. The molecule has 0 unspecified atom stereocenters. The highest BCUT2D eigenvalue weighted by Crippen LogP contribution is 2.31. The molecule has 2 aromatic heterocycles. The third-order valence-corrected chi connectivity index (χ3v) is 7.02. The molecule has 4 rings (SSSR count). The first-order chi connectivity index (χ1) is 13.9. The van der Waals surface area contributed by atoms with Crippen LogP contribution in [0.25, 0.3) is 5.69 Å². The van der Waals surface area contributed by atoms with Crippen molar-refractivity contribution in [1.29, 1.82) is 0 Å². The first-order valence-electron chi connectivity index (χ1n) is 9.84. The normalized spacial score (nSPS) is 15.1. The number of rotatable bonds is 5. The van der Waals surface area contributed by atoms with Gasteiger partial charge in [0.1, 0.15) is 0 Å². The summed E-state index contributed by atoms with van der Waals surface area (Å²) in [6.07, 6.45) is 0. The van der Waals surface area contributed by atoms with E-state index in [9.17, 15) is 0 Å². The average Bonchev–Trinajstić information content (AvgIpc) is 3.35. The van der Waals surface area contributed by atoms with Crippen molar-refractivity contribution in [1.82, 2.24) is 19.7 Å². The van der Waals surface area contributed by atoms with E-state index in [4.69, 9.17) is 9.72 Å². The maximum Gasteiger partial charge on any atom is 0.232 e. The summed E-state index contributed by atoms with van der Waals surface area (Å²) in [6, 6.07) is 8.52. The Morgan fingerprint density at radius 1 is 1.10 bits per heavy atom. The summed E-state index contributed by atoms with van der Waals surface area (Å²) in [4.78, 5) is 7.07. The highest BCUT2D eigenvalue weighted by Gasteiger charge is 2.23. The largest absolute Gasteiger partial charge is 0.378 e. The molecule has 1 aromatic carbocycles. The molecule has 0 spiro atoms. The van der Waals surface area contributed by atoms with Crippen LogP contribution in [0.3, 0.4) is 0 Å². The standard InChI is InChI=1S/C21H27N5OS2/c1-15-5-7-17(8-6-15)26-19(25-9-11-27-12-10-25)23-24-20(26)29-14-16-13-28-18(22-16)21(2,3)4/h5-8,13H,9-12,14H2,1-4H3. The highest BCUT2D eigenvalue weighted by atomic mass is 32.2. The van der Waals surface area contributed by atoms with Crippen LogP contribution < -0.4 is 4.90 Å². The fourth-order valence-corrected chi connectivity index (χ4v) is 4.95. The van der Waals surface area contributed by atoms with Gasteiger partial charge in [0, 0.05) is 29.6 Å². The Morgan fingerprint density at radius 3 is 2.48 bits per heavy atom. The molecular formula is C21H27N5OS2. The molecule has 8 heteroatoms. The van der Waals surface area contributed by atoms with E-state index in [1.54, 1.807) is 23.1 Å². The maximum absolute atomic E-state index is 5.51. The van der Waals surface area contributed by atoms with Crippen LogP contribution in [0.2, 0.25) is 0 Å². The molecule has 0 saturated carbocycles. The van der Waals surface area contributed by atoms with Crippen LogP contribution >= 0.6 is 23.1 Å². The van der Waals surface area contributed by atoms with Crippen molar-refractivity contribution in [2.24, 2.45) is 0 Å². The predicted octanol–water partition coefficient (Wildman–Crippen LogP) is 4.46. The number of hydrogen-bond donors (Lipinski definition) is 0. The molecule has 1 aliphatic rings. The van der Waals surface area contributed by atoms with Crippen molar-refractivity contribution in [2.45, 2.75) is 44.0 Å². The second kappa shape index (κ2) is 8.45. The van der Waals surface area contributed by atoms with Crippen molar-refractivity contribution in [3.05, 3.63) is 45.9 Å². The molecular weight excluding hydrogens is 402 g/mol. The topological polar surface area (TPSA) is 56.1 Å². The highest BCUT2D eigenvalue weighted by molar-refractivity contribution is 7.98. The SMILES string of the molecule is Cc1ccc(-n2c(SCc3csc(C(C)(C)C)n3)nnc2N2CCOCC2)cc1. The third-order valence-electron chi connectivity index (χ3n) is 4.74. The molecule has 6 nitrogen and oxygen atoms in total. The number of anilines is 1. The number of nitrogens with zero attached hydrogens (tertiary/aromatic N) is 5. The molecule has 0 radical (unpaired) electrons. The Balaban J connectivity index is 1.61. The molecule has 1 fully saturated rings. The zero-order chi connectivity index (χ0) is 20.4. The molecule has 3 aromatic rings. The monoisotopic (exact) mass is 429 g/mol. The Labute approximate surface area is 180 Å². The first-order valence-corrected chi connectivity index (χ1v) is 11.7. The third kappa shape index (κ3) is 4.65.